The van der Waals surface area contributed by atoms with Gasteiger partial charge in [0.25, 0.3) is 0 Å². The van der Waals surface area contributed by atoms with E-state index in [0.717, 1.165) is 44.3 Å². The molecule has 0 amide bonds. The molecule has 2 heterocycles. The van der Waals surface area contributed by atoms with Gasteiger partial charge in [0, 0.05) is 31.2 Å². The van der Waals surface area contributed by atoms with Crippen LogP contribution in [0.15, 0.2) is 65.7 Å². The predicted molar refractivity (Wildman–Crippen MR) is 112 cm³/mol. The number of para-hydroxylation sites is 1. The fourth-order valence-electron chi connectivity index (χ4n) is 3.78. The van der Waals surface area contributed by atoms with E-state index in [1.165, 1.54) is 11.1 Å². The maximum absolute atomic E-state index is 12.7. The molecule has 1 aromatic heterocycles. The van der Waals surface area contributed by atoms with E-state index in [1.807, 2.05) is 18.2 Å². The third kappa shape index (κ3) is 4.24. The Morgan fingerprint density at radius 3 is 2.68 bits per heavy atom. The van der Waals surface area contributed by atoms with Crippen molar-refractivity contribution in [2.24, 2.45) is 0 Å². The van der Waals surface area contributed by atoms with Crippen molar-refractivity contribution in [1.29, 1.82) is 0 Å². The number of hydrogen-bond acceptors (Lipinski definition) is 4. The van der Waals surface area contributed by atoms with Crippen LogP contribution in [0.4, 0.5) is 0 Å². The third-order valence-corrected chi connectivity index (χ3v) is 6.78. The second-order valence-electron chi connectivity index (χ2n) is 7.23. The normalized spacial score (nSPS) is 14.9. The minimum atomic E-state index is -3.56. The summed E-state index contributed by atoms with van der Waals surface area (Å²) in [6, 6.07) is 17.5. The Morgan fingerprint density at radius 1 is 0.964 bits per heavy atom. The molecule has 0 saturated carbocycles. The lowest BCUT2D eigenvalue weighted by Crippen LogP contribution is -2.32. The molecule has 28 heavy (non-hydrogen) atoms. The molecule has 0 saturated heterocycles. The monoisotopic (exact) mass is 395 g/mol. The Hall–Kier alpha value is -2.28. The lowest BCUT2D eigenvalue weighted by Gasteiger charge is -2.28. The summed E-state index contributed by atoms with van der Waals surface area (Å²) in [5, 5.41) is 0.829. The quantitative estimate of drug-likeness (QED) is 0.623. The number of nitrogens with one attached hydrogen (secondary N) is 1. The molecule has 0 radical (unpaired) electrons. The largest absolute Gasteiger partial charge is 0.299 e. The zero-order valence-corrected chi connectivity index (χ0v) is 16.7. The summed E-state index contributed by atoms with van der Waals surface area (Å²) < 4.78 is 28.1. The van der Waals surface area contributed by atoms with Gasteiger partial charge in [0.2, 0.25) is 10.0 Å². The van der Waals surface area contributed by atoms with Crippen LogP contribution in [-0.2, 0) is 23.0 Å². The molecule has 1 aliphatic heterocycles. The Labute approximate surface area is 166 Å². The number of aromatic nitrogens is 1. The van der Waals surface area contributed by atoms with Crippen LogP contribution in [0.25, 0.3) is 10.9 Å². The van der Waals surface area contributed by atoms with Gasteiger partial charge in [-0.05, 0) is 49.1 Å². The smallest absolute Gasteiger partial charge is 0.242 e. The second kappa shape index (κ2) is 8.39. The van der Waals surface area contributed by atoms with Gasteiger partial charge in [-0.15, -0.1) is 0 Å². The molecule has 0 bridgehead atoms. The molecule has 6 heteroatoms. The van der Waals surface area contributed by atoms with Crippen LogP contribution in [0.5, 0.6) is 0 Å². The van der Waals surface area contributed by atoms with E-state index in [-0.39, 0.29) is 4.90 Å². The molecule has 2 aromatic carbocycles. The minimum Gasteiger partial charge on any atom is -0.299 e. The van der Waals surface area contributed by atoms with E-state index in [0.29, 0.717) is 12.1 Å². The molecule has 0 spiro atoms. The number of benzene rings is 2. The molecular formula is C22H25N3O2S. The zero-order chi connectivity index (χ0) is 19.4. The van der Waals surface area contributed by atoms with Gasteiger partial charge in [0.1, 0.15) is 4.90 Å². The maximum atomic E-state index is 12.7. The van der Waals surface area contributed by atoms with Gasteiger partial charge in [0.05, 0.1) is 5.52 Å². The highest BCUT2D eigenvalue weighted by atomic mass is 32.2. The van der Waals surface area contributed by atoms with Crippen LogP contribution in [-0.4, -0.2) is 37.9 Å². The molecule has 0 fully saturated rings. The van der Waals surface area contributed by atoms with Gasteiger partial charge >= 0.3 is 0 Å². The van der Waals surface area contributed by atoms with Crippen molar-refractivity contribution in [3.05, 3.63) is 71.9 Å². The Morgan fingerprint density at radius 2 is 1.79 bits per heavy atom. The fraction of sp³-hybridized carbons (Fsp3) is 0.318. The van der Waals surface area contributed by atoms with Crippen molar-refractivity contribution >= 4 is 20.9 Å². The summed E-state index contributed by atoms with van der Waals surface area (Å²) in [6.07, 6.45) is 4.50. The van der Waals surface area contributed by atoms with E-state index in [2.05, 4.69) is 38.9 Å². The van der Waals surface area contributed by atoms with Crippen molar-refractivity contribution in [2.45, 2.75) is 30.7 Å². The van der Waals surface area contributed by atoms with Gasteiger partial charge in [-0.3, -0.25) is 9.88 Å². The van der Waals surface area contributed by atoms with Gasteiger partial charge in [-0.25, -0.2) is 13.1 Å². The standard InChI is InChI=1S/C22H25N3O2S/c26-28(27,21-11-5-9-19-10-6-13-23-22(19)21)24-14-3-4-15-25-16-12-18-7-1-2-8-20(18)17-25/h1-2,5-11,13,24H,3-4,12,14-17H2. The van der Waals surface area contributed by atoms with E-state index in [4.69, 9.17) is 0 Å². The van der Waals surface area contributed by atoms with Crippen LogP contribution >= 0.6 is 0 Å². The first kappa shape index (κ1) is 19.1. The number of unbranched alkanes of at least 4 members (excludes halogenated alkanes) is 1. The SMILES string of the molecule is O=S(=O)(NCCCCN1CCc2ccccc2C1)c1cccc2cccnc12. The average Bonchev–Trinajstić information content (AvgIpc) is 2.73. The van der Waals surface area contributed by atoms with E-state index >= 15 is 0 Å². The van der Waals surface area contributed by atoms with E-state index in [1.54, 1.807) is 18.3 Å². The van der Waals surface area contributed by atoms with Gasteiger partial charge in [-0.2, -0.15) is 0 Å². The van der Waals surface area contributed by atoms with Crippen molar-refractivity contribution in [3.8, 4) is 0 Å². The first-order chi connectivity index (χ1) is 13.6. The lowest BCUT2D eigenvalue weighted by molar-refractivity contribution is 0.249. The lowest BCUT2D eigenvalue weighted by atomic mass is 10.00. The van der Waals surface area contributed by atoms with Crippen LogP contribution < -0.4 is 4.72 Å². The summed E-state index contributed by atoms with van der Waals surface area (Å²) in [5.41, 5.74) is 3.39. The van der Waals surface area contributed by atoms with Crippen LogP contribution in [0.3, 0.4) is 0 Å². The molecule has 4 rings (SSSR count). The molecule has 1 N–H and O–H groups in total. The predicted octanol–water partition coefficient (Wildman–Crippen LogP) is 3.35. The topological polar surface area (TPSA) is 62.3 Å². The van der Waals surface area contributed by atoms with Crippen molar-refractivity contribution in [2.75, 3.05) is 19.6 Å². The fourth-order valence-corrected chi connectivity index (χ4v) is 5.03. The Balaban J connectivity index is 1.28. The molecule has 1 aliphatic rings. The minimum absolute atomic E-state index is 0.248. The van der Waals surface area contributed by atoms with Crippen molar-refractivity contribution in [1.82, 2.24) is 14.6 Å². The highest BCUT2D eigenvalue weighted by Gasteiger charge is 2.18. The van der Waals surface area contributed by atoms with Crippen LogP contribution in [0.2, 0.25) is 0 Å². The third-order valence-electron chi connectivity index (χ3n) is 5.29. The van der Waals surface area contributed by atoms with Crippen molar-refractivity contribution in [3.63, 3.8) is 0 Å². The highest BCUT2D eigenvalue weighted by molar-refractivity contribution is 7.89. The maximum Gasteiger partial charge on any atom is 0.242 e. The molecule has 5 nitrogen and oxygen atoms in total. The number of fused-ring (bicyclic) bond motifs is 2. The summed E-state index contributed by atoms with van der Waals surface area (Å²) in [5.74, 6) is 0. The summed E-state index contributed by atoms with van der Waals surface area (Å²) >= 11 is 0. The Kier molecular flexibility index (Phi) is 5.71. The number of hydrogen-bond donors (Lipinski definition) is 1. The first-order valence-electron chi connectivity index (χ1n) is 9.76. The summed E-state index contributed by atoms with van der Waals surface area (Å²) in [6.45, 7) is 3.50. The second-order valence-corrected chi connectivity index (χ2v) is 8.97. The first-order valence-corrected chi connectivity index (χ1v) is 11.2. The average molecular weight is 396 g/mol. The number of pyridine rings is 1. The molecule has 0 aliphatic carbocycles. The Bertz CT molecular complexity index is 1060. The highest BCUT2D eigenvalue weighted by Crippen LogP contribution is 2.21. The molecule has 146 valence electrons. The molecule has 3 aromatic rings. The number of nitrogens with zero attached hydrogens (tertiary/aromatic N) is 2. The molecule has 0 atom stereocenters. The molecule has 0 unspecified atom stereocenters. The number of sulfonamides is 1. The van der Waals surface area contributed by atoms with Gasteiger partial charge in [-0.1, -0.05) is 42.5 Å². The van der Waals surface area contributed by atoms with Crippen molar-refractivity contribution < 1.29 is 8.42 Å². The number of rotatable bonds is 7. The molecular weight excluding hydrogens is 370 g/mol. The summed E-state index contributed by atoms with van der Waals surface area (Å²) in [7, 11) is -3.56. The van der Waals surface area contributed by atoms with Crippen LogP contribution in [0.1, 0.15) is 24.0 Å². The van der Waals surface area contributed by atoms with E-state index in [9.17, 15) is 8.42 Å². The van der Waals surface area contributed by atoms with Gasteiger partial charge < -0.3 is 0 Å². The summed E-state index contributed by atoms with van der Waals surface area (Å²) in [4.78, 5) is 6.94. The zero-order valence-electron chi connectivity index (χ0n) is 15.8. The van der Waals surface area contributed by atoms with Crippen LogP contribution in [0, 0.1) is 0 Å². The van der Waals surface area contributed by atoms with E-state index < -0.39 is 10.0 Å². The van der Waals surface area contributed by atoms with Gasteiger partial charge in [0.15, 0.2) is 0 Å².